The number of hydrogen-bond acceptors (Lipinski definition) is 4. The lowest BCUT2D eigenvalue weighted by Gasteiger charge is -2.35. The van der Waals surface area contributed by atoms with Gasteiger partial charge in [0.25, 0.3) is 0 Å². The number of hydrogen-bond donors (Lipinski definition) is 0. The summed E-state index contributed by atoms with van der Waals surface area (Å²) >= 11 is 0. The molecule has 158 valence electrons. The van der Waals surface area contributed by atoms with Crippen molar-refractivity contribution in [2.45, 2.75) is 70.8 Å². The predicted octanol–water partition coefficient (Wildman–Crippen LogP) is 3.75. The maximum atomic E-state index is 12.3. The van der Waals surface area contributed by atoms with Crippen molar-refractivity contribution in [1.82, 2.24) is 9.80 Å². The highest BCUT2D eigenvalue weighted by atomic mass is 16.5. The molecule has 5 nitrogen and oxygen atoms in total. The van der Waals surface area contributed by atoms with Crippen LogP contribution in [0.5, 0.6) is 5.75 Å². The molecule has 0 saturated carbocycles. The van der Waals surface area contributed by atoms with E-state index >= 15 is 0 Å². The molecule has 2 atom stereocenters. The van der Waals surface area contributed by atoms with E-state index < -0.39 is 0 Å². The molecule has 0 aromatic heterocycles. The number of unbranched alkanes of at least 4 members (excludes halogenated alkanes) is 1. The molecule has 4 rings (SSSR count). The number of amides is 2. The van der Waals surface area contributed by atoms with Gasteiger partial charge in [-0.25, -0.2) is 0 Å². The van der Waals surface area contributed by atoms with Crippen LogP contribution in [0.2, 0.25) is 0 Å². The Balaban J connectivity index is 1.29. The number of ether oxygens (including phenoxy) is 1. The van der Waals surface area contributed by atoms with Crippen LogP contribution < -0.4 is 4.74 Å². The molecule has 29 heavy (non-hydrogen) atoms. The van der Waals surface area contributed by atoms with Gasteiger partial charge < -0.3 is 4.74 Å². The molecule has 0 N–H and O–H groups in total. The lowest BCUT2D eigenvalue weighted by atomic mass is 9.79. The van der Waals surface area contributed by atoms with Crippen molar-refractivity contribution in [2.75, 3.05) is 26.7 Å². The van der Waals surface area contributed by atoms with Crippen LogP contribution in [0.4, 0.5) is 0 Å². The Bertz CT molecular complexity index is 768. The van der Waals surface area contributed by atoms with Crippen molar-refractivity contribution in [3.8, 4) is 5.75 Å². The van der Waals surface area contributed by atoms with E-state index in [1.165, 1.54) is 28.9 Å². The van der Waals surface area contributed by atoms with E-state index in [2.05, 4.69) is 23.1 Å². The number of fused-ring (bicyclic) bond motifs is 3. The molecule has 1 aromatic carbocycles. The normalized spacial score (nSPS) is 26.4. The standard InChI is InChI=1S/C24H34N2O3/c1-24(2)15-22(27)26(23(28)16-24)13-5-4-12-25-14-11-18-17-7-6-8-21(29-3)19(17)9-10-20(18)25/h6-8,18,20H,4-5,9-16H2,1-3H3. The summed E-state index contributed by atoms with van der Waals surface area (Å²) in [6.07, 6.45) is 6.39. The van der Waals surface area contributed by atoms with Crippen LogP contribution in [0.3, 0.4) is 0 Å². The van der Waals surface area contributed by atoms with Crippen molar-refractivity contribution in [2.24, 2.45) is 5.41 Å². The van der Waals surface area contributed by atoms with Gasteiger partial charge in [-0.1, -0.05) is 26.0 Å². The minimum Gasteiger partial charge on any atom is -0.496 e. The van der Waals surface area contributed by atoms with E-state index in [4.69, 9.17) is 4.74 Å². The van der Waals surface area contributed by atoms with Crippen LogP contribution in [-0.2, 0) is 16.0 Å². The fourth-order valence-corrected chi connectivity index (χ4v) is 5.67. The second-order valence-electron chi connectivity index (χ2n) is 9.73. The van der Waals surface area contributed by atoms with Crippen molar-refractivity contribution in [3.05, 3.63) is 29.3 Å². The summed E-state index contributed by atoms with van der Waals surface area (Å²) in [5, 5.41) is 0. The predicted molar refractivity (Wildman–Crippen MR) is 113 cm³/mol. The molecule has 1 aromatic rings. The van der Waals surface area contributed by atoms with E-state index in [1.54, 1.807) is 7.11 Å². The van der Waals surface area contributed by atoms with Gasteiger partial charge in [0.15, 0.2) is 0 Å². The molecule has 2 heterocycles. The van der Waals surface area contributed by atoms with Gasteiger partial charge >= 0.3 is 0 Å². The Hall–Kier alpha value is -1.88. The number of carbonyl (C=O) groups excluding carboxylic acids is 2. The second-order valence-corrected chi connectivity index (χ2v) is 9.73. The number of rotatable bonds is 6. The van der Waals surface area contributed by atoms with Gasteiger partial charge in [0, 0.05) is 31.3 Å². The van der Waals surface area contributed by atoms with Gasteiger partial charge in [0.1, 0.15) is 5.75 Å². The third kappa shape index (κ3) is 4.07. The van der Waals surface area contributed by atoms with Crippen LogP contribution in [0.15, 0.2) is 18.2 Å². The highest BCUT2D eigenvalue weighted by Gasteiger charge is 2.39. The third-order valence-corrected chi connectivity index (χ3v) is 7.08. The molecular weight excluding hydrogens is 364 g/mol. The first-order valence-electron chi connectivity index (χ1n) is 11.1. The molecular formula is C24H34N2O3. The molecule has 3 aliphatic rings. The number of nitrogens with zero attached hydrogens (tertiary/aromatic N) is 2. The Labute approximate surface area is 174 Å². The maximum absolute atomic E-state index is 12.3. The highest BCUT2D eigenvalue weighted by molar-refractivity contribution is 5.98. The van der Waals surface area contributed by atoms with Crippen molar-refractivity contribution >= 4 is 11.8 Å². The van der Waals surface area contributed by atoms with E-state index in [0.29, 0.717) is 31.3 Å². The van der Waals surface area contributed by atoms with Crippen LogP contribution >= 0.6 is 0 Å². The maximum Gasteiger partial charge on any atom is 0.229 e. The van der Waals surface area contributed by atoms with Gasteiger partial charge in [0.2, 0.25) is 11.8 Å². The topological polar surface area (TPSA) is 49.9 Å². The van der Waals surface area contributed by atoms with Crippen molar-refractivity contribution < 1.29 is 14.3 Å². The van der Waals surface area contributed by atoms with Crippen LogP contribution in [0.25, 0.3) is 0 Å². The van der Waals surface area contributed by atoms with Crippen LogP contribution in [-0.4, -0.2) is 54.4 Å². The summed E-state index contributed by atoms with van der Waals surface area (Å²) < 4.78 is 5.58. The summed E-state index contributed by atoms with van der Waals surface area (Å²) in [5.41, 5.74) is 2.70. The second kappa shape index (κ2) is 8.10. The minimum absolute atomic E-state index is 0.00493. The zero-order valence-electron chi connectivity index (χ0n) is 18.1. The average Bonchev–Trinajstić information content (AvgIpc) is 3.09. The first-order chi connectivity index (χ1) is 13.9. The number of imide groups is 1. The van der Waals surface area contributed by atoms with E-state index in [-0.39, 0.29) is 17.2 Å². The van der Waals surface area contributed by atoms with Gasteiger partial charge in [0.05, 0.1) is 7.11 Å². The van der Waals surface area contributed by atoms with Crippen molar-refractivity contribution in [3.63, 3.8) is 0 Å². The summed E-state index contributed by atoms with van der Waals surface area (Å²) in [6.45, 7) is 6.78. The Kier molecular flexibility index (Phi) is 5.69. The molecule has 0 spiro atoms. The average molecular weight is 399 g/mol. The number of benzene rings is 1. The molecule has 0 bridgehead atoms. The fraction of sp³-hybridized carbons (Fsp3) is 0.667. The fourth-order valence-electron chi connectivity index (χ4n) is 5.67. The molecule has 2 unspecified atom stereocenters. The smallest absolute Gasteiger partial charge is 0.229 e. The summed E-state index contributed by atoms with van der Waals surface area (Å²) in [4.78, 5) is 28.8. The van der Waals surface area contributed by atoms with Gasteiger partial charge in [-0.15, -0.1) is 0 Å². The molecule has 2 amide bonds. The first kappa shape index (κ1) is 20.4. The number of piperidine rings is 1. The van der Waals surface area contributed by atoms with Crippen LogP contribution in [0, 0.1) is 5.41 Å². The molecule has 2 aliphatic heterocycles. The molecule has 5 heteroatoms. The number of likely N-dealkylation sites (tertiary alicyclic amines) is 2. The molecule has 0 radical (unpaired) electrons. The van der Waals surface area contributed by atoms with E-state index in [9.17, 15) is 9.59 Å². The zero-order valence-corrected chi connectivity index (χ0v) is 18.1. The Morgan fingerprint density at radius 1 is 1.07 bits per heavy atom. The quantitative estimate of drug-likeness (QED) is 0.541. The summed E-state index contributed by atoms with van der Waals surface area (Å²) in [5.74, 6) is 1.66. The molecule has 2 saturated heterocycles. The minimum atomic E-state index is -0.185. The van der Waals surface area contributed by atoms with Gasteiger partial charge in [-0.05, 0) is 67.8 Å². The lowest BCUT2D eigenvalue weighted by molar-refractivity contribution is -0.152. The zero-order chi connectivity index (χ0) is 20.6. The molecule has 1 aliphatic carbocycles. The lowest BCUT2D eigenvalue weighted by Crippen LogP contribution is -2.46. The van der Waals surface area contributed by atoms with E-state index in [1.807, 2.05) is 13.8 Å². The number of methoxy groups -OCH3 is 1. The highest BCUT2D eigenvalue weighted by Crippen LogP contribution is 2.44. The number of carbonyl (C=O) groups is 2. The van der Waals surface area contributed by atoms with E-state index in [0.717, 1.165) is 38.1 Å². The Morgan fingerprint density at radius 3 is 2.52 bits per heavy atom. The third-order valence-electron chi connectivity index (χ3n) is 7.08. The monoisotopic (exact) mass is 398 g/mol. The molecule has 2 fully saturated rings. The van der Waals surface area contributed by atoms with Gasteiger partial charge in [-0.2, -0.15) is 0 Å². The first-order valence-corrected chi connectivity index (χ1v) is 11.1. The van der Waals surface area contributed by atoms with Gasteiger partial charge in [-0.3, -0.25) is 19.4 Å². The van der Waals surface area contributed by atoms with Crippen LogP contribution in [0.1, 0.15) is 69.4 Å². The SMILES string of the molecule is COc1cccc2c1CCC1C2CCN1CCCCN1C(=O)CC(C)(C)CC1=O. The summed E-state index contributed by atoms with van der Waals surface area (Å²) in [6, 6.07) is 7.11. The Morgan fingerprint density at radius 2 is 1.79 bits per heavy atom. The largest absolute Gasteiger partial charge is 0.496 e. The summed E-state index contributed by atoms with van der Waals surface area (Å²) in [7, 11) is 1.77. The van der Waals surface area contributed by atoms with Crippen molar-refractivity contribution in [1.29, 1.82) is 0 Å².